The monoisotopic (exact) mass is 619 g/mol. The van der Waals surface area contributed by atoms with Gasteiger partial charge < -0.3 is 33.9 Å². The Balaban J connectivity index is 1.32. The van der Waals surface area contributed by atoms with Gasteiger partial charge >= 0.3 is 6.09 Å². The van der Waals surface area contributed by atoms with E-state index in [0.717, 1.165) is 45.8 Å². The number of nitrogens with zero attached hydrogens (tertiary/aromatic N) is 4. The smallest absolute Gasteiger partial charge is 0.408 e. The Morgan fingerprint density at radius 1 is 1.22 bits per heavy atom. The molecule has 6 rings (SSSR count). The van der Waals surface area contributed by atoms with E-state index in [1.807, 2.05) is 38.2 Å². The molecule has 0 unspecified atom stereocenters. The number of aliphatic hydroxyl groups excluding tert-OH is 1. The quantitative estimate of drug-likeness (QED) is 0.252. The number of hydrogen-bond acceptors (Lipinski definition) is 6. The molecule has 45 heavy (non-hydrogen) atoms. The van der Waals surface area contributed by atoms with E-state index in [1.54, 1.807) is 25.7 Å². The molecule has 2 aromatic heterocycles. The van der Waals surface area contributed by atoms with Gasteiger partial charge in [-0.1, -0.05) is 12.1 Å². The van der Waals surface area contributed by atoms with Gasteiger partial charge in [0.2, 0.25) is 0 Å². The fraction of sp³-hybridized carbons (Fsp3) is 0.500. The Morgan fingerprint density at radius 2 is 2.00 bits per heavy atom. The maximum Gasteiger partial charge on any atom is 0.408 e. The molecule has 2 aliphatic rings. The number of amides is 2. The number of aryl methyl sites for hydroxylation is 1. The molecular formula is C34H42FN5O5. The number of aliphatic hydroxyl groups is 1. The summed E-state index contributed by atoms with van der Waals surface area (Å²) in [5, 5.41) is 13.2. The van der Waals surface area contributed by atoms with Crippen LogP contribution in [0.2, 0.25) is 0 Å². The van der Waals surface area contributed by atoms with Crippen molar-refractivity contribution in [3.63, 3.8) is 0 Å². The number of hydrogen-bond donors (Lipinski definition) is 2. The van der Waals surface area contributed by atoms with E-state index in [2.05, 4.69) is 26.6 Å². The van der Waals surface area contributed by atoms with E-state index in [4.69, 9.17) is 14.5 Å². The largest absolute Gasteiger partial charge is 0.486 e. The predicted octanol–water partition coefficient (Wildman–Crippen LogP) is 5.23. The number of alkyl carbamates (subject to hydrolysis) is 1. The summed E-state index contributed by atoms with van der Waals surface area (Å²) in [6.07, 6.45) is 1.92. The molecule has 1 aliphatic heterocycles. The molecule has 3 heterocycles. The number of ether oxygens (including phenoxy) is 2. The average molecular weight is 620 g/mol. The molecule has 10 nitrogen and oxygen atoms in total. The molecule has 11 heteroatoms. The molecule has 0 spiro atoms. The molecule has 0 bridgehead atoms. The predicted molar refractivity (Wildman–Crippen MR) is 170 cm³/mol. The number of benzene rings is 2. The summed E-state index contributed by atoms with van der Waals surface area (Å²) in [4.78, 5) is 32.5. The van der Waals surface area contributed by atoms with Gasteiger partial charge in [-0.15, -0.1) is 0 Å². The third-order valence-corrected chi connectivity index (χ3v) is 8.46. The molecule has 4 aromatic rings. The van der Waals surface area contributed by atoms with Gasteiger partial charge in [-0.3, -0.25) is 4.79 Å². The molecule has 0 radical (unpaired) electrons. The minimum atomic E-state index is -0.877. The zero-order valence-electron chi connectivity index (χ0n) is 26.6. The Bertz CT molecular complexity index is 1750. The van der Waals surface area contributed by atoms with Crippen molar-refractivity contribution in [2.24, 2.45) is 13.0 Å². The van der Waals surface area contributed by atoms with Gasteiger partial charge in [-0.25, -0.2) is 14.2 Å². The molecule has 2 aromatic carbocycles. The number of nitrogens with one attached hydrogen (secondary N) is 1. The van der Waals surface area contributed by atoms with E-state index in [1.165, 1.54) is 12.8 Å². The van der Waals surface area contributed by atoms with Crippen LogP contribution in [0.1, 0.15) is 56.5 Å². The number of para-hydroxylation sites is 1. The van der Waals surface area contributed by atoms with E-state index in [9.17, 15) is 19.1 Å². The van der Waals surface area contributed by atoms with Gasteiger partial charge in [0, 0.05) is 37.6 Å². The van der Waals surface area contributed by atoms with Crippen LogP contribution in [0.5, 0.6) is 5.75 Å². The lowest BCUT2D eigenvalue weighted by Crippen LogP contribution is -2.50. The van der Waals surface area contributed by atoms with Gasteiger partial charge in [0.05, 0.1) is 34.9 Å². The fourth-order valence-electron chi connectivity index (χ4n) is 6.06. The molecule has 2 atom stereocenters. The summed E-state index contributed by atoms with van der Waals surface area (Å²) >= 11 is 0. The number of rotatable bonds is 10. The van der Waals surface area contributed by atoms with Gasteiger partial charge in [0.1, 0.15) is 24.1 Å². The van der Waals surface area contributed by atoms with Crippen LogP contribution in [0.25, 0.3) is 33.5 Å². The third-order valence-electron chi connectivity index (χ3n) is 8.46. The number of halogens is 1. The maximum absolute atomic E-state index is 13.9. The SMILES string of the molecule is C[C@@H](CO)Oc1cccc2cc(-c3nc4cc5c(cc4n3C)CCN(C[C@@H](CF)NC(=O)OC(C)(C)C)C5=O)n(CC3CC3)c12. The Labute approximate surface area is 262 Å². The zero-order chi connectivity index (χ0) is 32.0. The number of fused-ring (bicyclic) bond motifs is 3. The first-order chi connectivity index (χ1) is 21.5. The van der Waals surface area contributed by atoms with Crippen LogP contribution in [-0.2, 0) is 24.8 Å². The minimum Gasteiger partial charge on any atom is -0.486 e. The molecule has 2 N–H and O–H groups in total. The van der Waals surface area contributed by atoms with Crippen LogP contribution >= 0.6 is 0 Å². The normalized spacial score (nSPS) is 16.6. The highest BCUT2D eigenvalue weighted by Gasteiger charge is 2.31. The van der Waals surface area contributed by atoms with E-state index < -0.39 is 24.4 Å². The first-order valence-electron chi connectivity index (χ1n) is 15.7. The number of carbonyl (C=O) groups is 2. The van der Waals surface area contributed by atoms with Gasteiger partial charge in [0.15, 0.2) is 5.82 Å². The summed E-state index contributed by atoms with van der Waals surface area (Å²) in [7, 11) is 1.99. The molecular weight excluding hydrogens is 577 g/mol. The molecule has 1 fully saturated rings. The van der Waals surface area contributed by atoms with Crippen molar-refractivity contribution >= 4 is 33.9 Å². The topological polar surface area (TPSA) is 111 Å². The highest BCUT2D eigenvalue weighted by molar-refractivity contribution is 6.01. The van der Waals surface area contributed by atoms with Gasteiger partial charge in [-0.2, -0.15) is 0 Å². The van der Waals surface area contributed by atoms with Crippen molar-refractivity contribution in [3.05, 3.63) is 47.5 Å². The number of imidazole rings is 1. The maximum atomic E-state index is 13.9. The Hall–Kier alpha value is -4.12. The molecule has 1 aliphatic carbocycles. The lowest BCUT2D eigenvalue weighted by Gasteiger charge is -2.31. The summed E-state index contributed by atoms with van der Waals surface area (Å²) in [5.41, 5.74) is 4.32. The third kappa shape index (κ3) is 6.36. The Kier molecular flexibility index (Phi) is 8.24. The van der Waals surface area contributed by atoms with Crippen LogP contribution in [0, 0.1) is 5.92 Å². The average Bonchev–Trinajstić information content (AvgIpc) is 3.66. The van der Waals surface area contributed by atoms with Crippen molar-refractivity contribution in [3.8, 4) is 17.3 Å². The lowest BCUT2D eigenvalue weighted by molar-refractivity contribution is 0.0466. The highest BCUT2D eigenvalue weighted by atomic mass is 19.1. The van der Waals surface area contributed by atoms with Crippen LogP contribution in [0.3, 0.4) is 0 Å². The minimum absolute atomic E-state index is 0.0418. The lowest BCUT2D eigenvalue weighted by atomic mass is 9.97. The van der Waals surface area contributed by atoms with Gasteiger partial charge in [0.25, 0.3) is 5.91 Å². The molecule has 1 saturated carbocycles. The van der Waals surface area contributed by atoms with Crippen molar-refractivity contribution in [1.82, 2.24) is 24.3 Å². The second-order valence-corrected chi connectivity index (χ2v) is 13.4. The zero-order valence-corrected chi connectivity index (χ0v) is 26.6. The van der Waals surface area contributed by atoms with Crippen LogP contribution in [0.4, 0.5) is 9.18 Å². The molecule has 0 saturated heterocycles. The van der Waals surface area contributed by atoms with Crippen molar-refractivity contribution in [2.45, 2.75) is 71.2 Å². The highest BCUT2D eigenvalue weighted by Crippen LogP contribution is 2.39. The van der Waals surface area contributed by atoms with Crippen LogP contribution in [0.15, 0.2) is 36.4 Å². The second kappa shape index (κ2) is 12.0. The number of carbonyl (C=O) groups excluding carboxylic acids is 2. The number of aromatic nitrogens is 3. The molecule has 2 amide bonds. The van der Waals surface area contributed by atoms with Crippen LogP contribution in [-0.4, -0.2) is 80.2 Å². The number of alkyl halides is 1. The summed E-state index contributed by atoms with van der Waals surface area (Å²) in [5.74, 6) is 1.89. The van der Waals surface area contributed by atoms with Crippen molar-refractivity contribution < 1.29 is 28.6 Å². The second-order valence-electron chi connectivity index (χ2n) is 13.4. The van der Waals surface area contributed by atoms with Crippen molar-refractivity contribution in [1.29, 1.82) is 0 Å². The first-order valence-corrected chi connectivity index (χ1v) is 15.7. The van der Waals surface area contributed by atoms with Crippen molar-refractivity contribution in [2.75, 3.05) is 26.4 Å². The first kappa shape index (κ1) is 30.9. The standard InChI is InChI=1S/C34H42FN5O5/c1-20(19-41)44-29-8-6-7-23-14-28(40(30(23)29)17-21-9-10-21)31-37-26-15-25-22(13-27(26)38(31)5)11-12-39(32(25)42)18-24(16-35)36-33(43)45-34(2,3)4/h6-8,13-15,20-21,24,41H,9-12,16-19H2,1-5H3,(H,36,43)/t20-,24+/m0/s1. The summed E-state index contributed by atoms with van der Waals surface area (Å²) in [6, 6.07) is 11.1. The molecule has 240 valence electrons. The summed E-state index contributed by atoms with van der Waals surface area (Å²) < 4.78 is 29.7. The van der Waals surface area contributed by atoms with E-state index in [0.29, 0.717) is 30.0 Å². The van der Waals surface area contributed by atoms with E-state index >= 15 is 0 Å². The van der Waals surface area contributed by atoms with Crippen LogP contribution < -0.4 is 10.1 Å². The Morgan fingerprint density at radius 3 is 2.69 bits per heavy atom. The fourth-order valence-corrected chi connectivity index (χ4v) is 6.06. The van der Waals surface area contributed by atoms with E-state index in [-0.39, 0.29) is 25.2 Å². The van der Waals surface area contributed by atoms with Gasteiger partial charge in [-0.05, 0) is 82.7 Å². The summed E-state index contributed by atoms with van der Waals surface area (Å²) in [6.45, 7) is 7.47.